The third-order valence-corrected chi connectivity index (χ3v) is 3.48. The van der Waals surface area contributed by atoms with Crippen molar-refractivity contribution >= 4 is 5.78 Å². The van der Waals surface area contributed by atoms with Crippen molar-refractivity contribution in [3.8, 4) is 0 Å². The van der Waals surface area contributed by atoms with Crippen molar-refractivity contribution in [2.45, 2.75) is 39.2 Å². The van der Waals surface area contributed by atoms with Gasteiger partial charge in [0, 0.05) is 12.2 Å². The van der Waals surface area contributed by atoms with Crippen LogP contribution in [0.5, 0.6) is 0 Å². The Kier molecular flexibility index (Phi) is 5.11. The summed E-state index contributed by atoms with van der Waals surface area (Å²) in [6.45, 7) is 5.21. The normalized spacial score (nSPS) is 15.3. The molecule has 3 nitrogen and oxygen atoms in total. The van der Waals surface area contributed by atoms with Crippen molar-refractivity contribution in [1.29, 1.82) is 0 Å². The van der Waals surface area contributed by atoms with Gasteiger partial charge >= 0.3 is 0 Å². The monoisotopic (exact) mass is 262 g/mol. The number of benzene rings is 1. The molecule has 0 radical (unpaired) electrons. The van der Waals surface area contributed by atoms with Gasteiger partial charge in [0.1, 0.15) is 6.61 Å². The van der Waals surface area contributed by atoms with Crippen molar-refractivity contribution < 1.29 is 14.3 Å². The predicted molar refractivity (Wildman–Crippen MR) is 74.7 cm³/mol. The van der Waals surface area contributed by atoms with Gasteiger partial charge in [0.2, 0.25) is 0 Å². The zero-order chi connectivity index (χ0) is 13.7. The summed E-state index contributed by atoms with van der Waals surface area (Å²) in [6.07, 6.45) is 3.40. The number of carbonyl (C=O) groups is 1. The van der Waals surface area contributed by atoms with E-state index >= 15 is 0 Å². The van der Waals surface area contributed by atoms with E-state index in [0.29, 0.717) is 13.2 Å². The van der Waals surface area contributed by atoms with E-state index in [9.17, 15) is 4.79 Å². The van der Waals surface area contributed by atoms with Crippen LogP contribution in [0.1, 0.15) is 41.8 Å². The first-order chi connectivity index (χ1) is 9.20. The molecule has 1 unspecified atom stereocenters. The minimum atomic E-state index is -0.0432. The summed E-state index contributed by atoms with van der Waals surface area (Å²) >= 11 is 0. The van der Waals surface area contributed by atoms with Gasteiger partial charge in [0.05, 0.1) is 12.7 Å². The molecule has 19 heavy (non-hydrogen) atoms. The number of Topliss-reactive ketones (excluding diaryl/α,β-unsaturated/α-hetero) is 1. The molecule has 1 aromatic carbocycles. The van der Waals surface area contributed by atoms with Gasteiger partial charge < -0.3 is 9.47 Å². The lowest BCUT2D eigenvalue weighted by Gasteiger charge is -2.12. The van der Waals surface area contributed by atoms with E-state index in [1.54, 1.807) is 0 Å². The van der Waals surface area contributed by atoms with Crippen LogP contribution in [0.2, 0.25) is 0 Å². The van der Waals surface area contributed by atoms with Crippen LogP contribution in [0.25, 0.3) is 0 Å². The molecule has 104 valence electrons. The van der Waals surface area contributed by atoms with Gasteiger partial charge in [0.25, 0.3) is 0 Å². The lowest BCUT2D eigenvalue weighted by atomic mass is 10.0. The van der Waals surface area contributed by atoms with Gasteiger partial charge in [0.15, 0.2) is 5.78 Å². The number of rotatable bonds is 7. The Morgan fingerprint density at radius 1 is 1.32 bits per heavy atom. The van der Waals surface area contributed by atoms with Crippen molar-refractivity contribution in [2.24, 2.45) is 0 Å². The van der Waals surface area contributed by atoms with Crippen molar-refractivity contribution in [1.82, 2.24) is 0 Å². The number of ketones is 1. The number of hydrogen-bond donors (Lipinski definition) is 0. The fraction of sp³-hybridized carbons (Fsp3) is 0.562. The predicted octanol–water partition coefficient (Wildman–Crippen LogP) is 2.80. The Labute approximate surface area is 114 Å². The number of fused-ring (bicyclic) bond motifs is 1. The number of hydrogen-bond acceptors (Lipinski definition) is 3. The lowest BCUT2D eigenvalue weighted by Crippen LogP contribution is -2.20. The van der Waals surface area contributed by atoms with Gasteiger partial charge in [-0.25, -0.2) is 0 Å². The first-order valence-electron chi connectivity index (χ1n) is 7.05. The zero-order valence-corrected chi connectivity index (χ0v) is 11.8. The molecule has 0 aliphatic heterocycles. The Morgan fingerprint density at radius 2 is 2.11 bits per heavy atom. The standard InChI is InChI=1S/C16H22O3/c1-3-18-10-12(2)19-11-16(17)15-8-7-13-5-4-6-14(13)9-15/h7-9,12H,3-6,10-11H2,1-2H3. The maximum atomic E-state index is 12.1. The summed E-state index contributed by atoms with van der Waals surface area (Å²) in [5, 5.41) is 0. The Morgan fingerprint density at radius 3 is 2.89 bits per heavy atom. The lowest BCUT2D eigenvalue weighted by molar-refractivity contribution is 0.00115. The van der Waals surface area contributed by atoms with Crippen LogP contribution in [0.3, 0.4) is 0 Å². The van der Waals surface area contributed by atoms with Crippen LogP contribution < -0.4 is 0 Å². The van der Waals surface area contributed by atoms with Crippen molar-refractivity contribution in [3.05, 3.63) is 34.9 Å². The Bertz CT molecular complexity index is 440. The molecule has 0 bridgehead atoms. The molecule has 0 heterocycles. The number of aryl methyl sites for hydroxylation is 2. The summed E-state index contributed by atoms with van der Waals surface area (Å²) < 4.78 is 10.8. The maximum absolute atomic E-state index is 12.1. The van der Waals surface area contributed by atoms with E-state index in [0.717, 1.165) is 18.4 Å². The minimum absolute atomic E-state index is 0.0432. The van der Waals surface area contributed by atoms with E-state index in [2.05, 4.69) is 6.07 Å². The summed E-state index contributed by atoms with van der Waals surface area (Å²) in [7, 11) is 0. The van der Waals surface area contributed by atoms with E-state index < -0.39 is 0 Å². The quantitative estimate of drug-likeness (QED) is 0.709. The van der Waals surface area contributed by atoms with Gasteiger partial charge in [-0.05, 0) is 50.3 Å². The highest BCUT2D eigenvalue weighted by molar-refractivity contribution is 5.97. The molecule has 0 amide bonds. The molecule has 0 spiro atoms. The van der Waals surface area contributed by atoms with Crippen LogP contribution >= 0.6 is 0 Å². The second-order valence-corrected chi connectivity index (χ2v) is 5.04. The smallest absolute Gasteiger partial charge is 0.188 e. The average molecular weight is 262 g/mol. The zero-order valence-electron chi connectivity index (χ0n) is 11.8. The van der Waals surface area contributed by atoms with Gasteiger partial charge in [-0.15, -0.1) is 0 Å². The molecule has 3 heteroatoms. The third kappa shape index (κ3) is 3.88. The van der Waals surface area contributed by atoms with E-state index in [1.807, 2.05) is 26.0 Å². The average Bonchev–Trinajstić information content (AvgIpc) is 2.89. The molecule has 1 aliphatic carbocycles. The molecule has 1 aliphatic rings. The topological polar surface area (TPSA) is 35.5 Å². The molecular formula is C16H22O3. The van der Waals surface area contributed by atoms with Crippen molar-refractivity contribution in [2.75, 3.05) is 19.8 Å². The second-order valence-electron chi connectivity index (χ2n) is 5.04. The van der Waals surface area contributed by atoms with Crippen LogP contribution in [0.15, 0.2) is 18.2 Å². The fourth-order valence-electron chi connectivity index (χ4n) is 2.38. The third-order valence-electron chi connectivity index (χ3n) is 3.48. The number of carbonyl (C=O) groups excluding carboxylic acids is 1. The SMILES string of the molecule is CCOCC(C)OCC(=O)c1ccc2c(c1)CCC2. The molecule has 1 atom stereocenters. The molecule has 0 saturated carbocycles. The van der Waals surface area contributed by atoms with Crippen LogP contribution in [0, 0.1) is 0 Å². The van der Waals surface area contributed by atoms with E-state index in [4.69, 9.17) is 9.47 Å². The first-order valence-corrected chi connectivity index (χ1v) is 7.05. The minimum Gasteiger partial charge on any atom is -0.379 e. The molecule has 0 N–H and O–H groups in total. The molecule has 0 saturated heterocycles. The summed E-state index contributed by atoms with van der Waals surface area (Å²) in [5.74, 6) is 0.0537. The van der Waals surface area contributed by atoms with Crippen LogP contribution in [-0.4, -0.2) is 31.7 Å². The van der Waals surface area contributed by atoms with E-state index in [1.165, 1.54) is 17.5 Å². The largest absolute Gasteiger partial charge is 0.379 e. The van der Waals surface area contributed by atoms with Crippen LogP contribution in [0.4, 0.5) is 0 Å². The summed E-state index contributed by atoms with van der Waals surface area (Å²) in [6, 6.07) is 6.03. The van der Waals surface area contributed by atoms with Crippen LogP contribution in [-0.2, 0) is 22.3 Å². The first kappa shape index (κ1) is 14.2. The molecule has 0 fully saturated rings. The molecule has 0 aromatic heterocycles. The van der Waals surface area contributed by atoms with E-state index in [-0.39, 0.29) is 18.5 Å². The summed E-state index contributed by atoms with van der Waals surface area (Å²) in [5.41, 5.74) is 3.49. The summed E-state index contributed by atoms with van der Waals surface area (Å²) in [4.78, 5) is 12.1. The van der Waals surface area contributed by atoms with Crippen molar-refractivity contribution in [3.63, 3.8) is 0 Å². The maximum Gasteiger partial charge on any atom is 0.188 e. The Balaban J connectivity index is 1.86. The highest BCUT2D eigenvalue weighted by Gasteiger charge is 2.14. The van der Waals surface area contributed by atoms with Gasteiger partial charge in [-0.2, -0.15) is 0 Å². The Hall–Kier alpha value is -1.19. The molecule has 1 aromatic rings. The highest BCUT2D eigenvalue weighted by atomic mass is 16.5. The molecular weight excluding hydrogens is 240 g/mol. The van der Waals surface area contributed by atoms with Gasteiger partial charge in [-0.3, -0.25) is 4.79 Å². The second kappa shape index (κ2) is 6.83. The highest BCUT2D eigenvalue weighted by Crippen LogP contribution is 2.23. The van der Waals surface area contributed by atoms with Gasteiger partial charge in [-0.1, -0.05) is 12.1 Å². The number of ether oxygens (including phenoxy) is 2. The molecule has 2 rings (SSSR count). The fourth-order valence-corrected chi connectivity index (χ4v) is 2.38.